The molecule has 21 heavy (non-hydrogen) atoms. The Morgan fingerprint density at radius 2 is 1.86 bits per heavy atom. The molecule has 2 aliphatic rings. The lowest BCUT2D eigenvalue weighted by Gasteiger charge is -2.28. The second-order valence-corrected chi connectivity index (χ2v) is 6.43. The molecule has 120 valence electrons. The fourth-order valence-corrected chi connectivity index (χ4v) is 3.58. The summed E-state index contributed by atoms with van der Waals surface area (Å²) < 4.78 is 5.06. The molecule has 0 spiro atoms. The molecule has 0 aromatic heterocycles. The van der Waals surface area contributed by atoms with Crippen molar-refractivity contribution < 1.29 is 14.3 Å². The number of ether oxygens (including phenoxy) is 1. The number of nitrogens with one attached hydrogen (secondary N) is 1. The zero-order valence-electron chi connectivity index (χ0n) is 13.0. The third kappa shape index (κ3) is 4.70. The van der Waals surface area contributed by atoms with Crippen LogP contribution in [0.15, 0.2) is 0 Å². The second kappa shape index (κ2) is 7.78. The normalized spacial score (nSPS) is 32.7. The van der Waals surface area contributed by atoms with E-state index in [1.165, 1.54) is 0 Å². The molecule has 0 aliphatic heterocycles. The summed E-state index contributed by atoms with van der Waals surface area (Å²) in [6, 6.07) is 0.399. The summed E-state index contributed by atoms with van der Waals surface area (Å²) in [6.45, 7) is 2.27. The summed E-state index contributed by atoms with van der Waals surface area (Å²) in [5.74, 6) is 0.401. The Kier molecular flexibility index (Phi) is 6.03. The molecule has 0 unspecified atom stereocenters. The number of amides is 1. The van der Waals surface area contributed by atoms with Crippen LogP contribution < -0.4 is 11.1 Å². The molecule has 5 nitrogen and oxygen atoms in total. The minimum atomic E-state index is -0.0841. The minimum absolute atomic E-state index is 0.0151. The lowest BCUT2D eigenvalue weighted by Crippen LogP contribution is -2.40. The van der Waals surface area contributed by atoms with Crippen molar-refractivity contribution in [1.29, 1.82) is 0 Å². The summed E-state index contributed by atoms with van der Waals surface area (Å²) in [6.07, 6.45) is 7.17. The minimum Gasteiger partial charge on any atom is -0.466 e. The molecule has 1 amide bonds. The first kappa shape index (κ1) is 16.3. The second-order valence-electron chi connectivity index (χ2n) is 6.43. The van der Waals surface area contributed by atoms with Crippen LogP contribution in [0, 0.1) is 11.8 Å². The fraction of sp³-hybridized carbons (Fsp3) is 0.875. The van der Waals surface area contributed by atoms with E-state index in [2.05, 4.69) is 5.32 Å². The van der Waals surface area contributed by atoms with Gasteiger partial charge in [0.25, 0.3) is 0 Å². The monoisotopic (exact) mass is 296 g/mol. The zero-order valence-corrected chi connectivity index (χ0v) is 13.0. The number of esters is 1. The molecule has 2 saturated carbocycles. The van der Waals surface area contributed by atoms with Gasteiger partial charge in [-0.1, -0.05) is 6.42 Å². The van der Waals surface area contributed by atoms with Gasteiger partial charge in [0.15, 0.2) is 0 Å². The Labute approximate surface area is 127 Å². The maximum Gasteiger partial charge on any atom is 0.308 e. The van der Waals surface area contributed by atoms with Gasteiger partial charge < -0.3 is 15.8 Å². The van der Waals surface area contributed by atoms with E-state index >= 15 is 0 Å². The Bertz CT molecular complexity index is 365. The van der Waals surface area contributed by atoms with Crippen LogP contribution in [-0.2, 0) is 14.3 Å². The van der Waals surface area contributed by atoms with E-state index in [9.17, 15) is 9.59 Å². The van der Waals surface area contributed by atoms with Gasteiger partial charge in [0, 0.05) is 18.5 Å². The summed E-state index contributed by atoms with van der Waals surface area (Å²) in [7, 11) is 0. The van der Waals surface area contributed by atoms with Gasteiger partial charge >= 0.3 is 5.97 Å². The standard InChI is InChI=1S/C16H28N2O3/c1-2-21-16(20)11-6-8-13(9-7-11)18-15(19)10-12-4-3-5-14(12)17/h11-14H,2-10,17H2,1H3,(H,18,19)/t11?,12-,13?,14+/m0/s1. The van der Waals surface area contributed by atoms with Crippen LogP contribution in [-0.4, -0.2) is 30.6 Å². The van der Waals surface area contributed by atoms with Gasteiger partial charge in [0.05, 0.1) is 12.5 Å². The van der Waals surface area contributed by atoms with Gasteiger partial charge in [-0.15, -0.1) is 0 Å². The molecule has 0 aromatic rings. The highest BCUT2D eigenvalue weighted by Gasteiger charge is 2.30. The topological polar surface area (TPSA) is 81.4 Å². The maximum atomic E-state index is 12.1. The number of carbonyl (C=O) groups excluding carboxylic acids is 2. The molecular weight excluding hydrogens is 268 g/mol. The van der Waals surface area contributed by atoms with Crippen LogP contribution in [0.4, 0.5) is 0 Å². The molecule has 2 rings (SSSR count). The Balaban J connectivity index is 1.68. The van der Waals surface area contributed by atoms with E-state index in [4.69, 9.17) is 10.5 Å². The predicted octanol–water partition coefficient (Wildman–Crippen LogP) is 1.74. The van der Waals surface area contributed by atoms with E-state index in [0.29, 0.717) is 18.9 Å². The van der Waals surface area contributed by atoms with Crippen LogP contribution in [0.25, 0.3) is 0 Å². The molecule has 2 atom stereocenters. The summed E-state index contributed by atoms with van der Waals surface area (Å²) >= 11 is 0. The average molecular weight is 296 g/mol. The van der Waals surface area contributed by atoms with Crippen molar-refractivity contribution >= 4 is 11.9 Å². The van der Waals surface area contributed by atoms with E-state index in [-0.39, 0.29) is 29.9 Å². The Hall–Kier alpha value is -1.10. The number of hydrogen-bond acceptors (Lipinski definition) is 4. The summed E-state index contributed by atoms with van der Waals surface area (Å²) in [4.78, 5) is 23.7. The van der Waals surface area contributed by atoms with Crippen molar-refractivity contribution in [2.75, 3.05) is 6.61 Å². The van der Waals surface area contributed by atoms with Crippen LogP contribution in [0.1, 0.15) is 58.3 Å². The average Bonchev–Trinajstić information content (AvgIpc) is 2.85. The van der Waals surface area contributed by atoms with Crippen molar-refractivity contribution in [2.24, 2.45) is 17.6 Å². The number of hydrogen-bond donors (Lipinski definition) is 2. The highest BCUT2D eigenvalue weighted by molar-refractivity contribution is 5.77. The Morgan fingerprint density at radius 1 is 1.14 bits per heavy atom. The predicted molar refractivity (Wildman–Crippen MR) is 80.5 cm³/mol. The zero-order chi connectivity index (χ0) is 15.2. The molecule has 2 aliphatic carbocycles. The van der Waals surface area contributed by atoms with Gasteiger partial charge in [0.1, 0.15) is 0 Å². The van der Waals surface area contributed by atoms with E-state index < -0.39 is 0 Å². The molecule has 0 aromatic carbocycles. The van der Waals surface area contributed by atoms with Crippen molar-refractivity contribution in [1.82, 2.24) is 5.32 Å². The molecule has 0 radical (unpaired) electrons. The lowest BCUT2D eigenvalue weighted by atomic mass is 9.86. The first-order chi connectivity index (χ1) is 10.1. The first-order valence-electron chi connectivity index (χ1n) is 8.31. The lowest BCUT2D eigenvalue weighted by molar-refractivity contribution is -0.149. The fourth-order valence-electron chi connectivity index (χ4n) is 3.58. The number of rotatable bonds is 5. The Morgan fingerprint density at radius 3 is 2.43 bits per heavy atom. The largest absolute Gasteiger partial charge is 0.466 e. The van der Waals surface area contributed by atoms with Crippen molar-refractivity contribution in [3.05, 3.63) is 0 Å². The molecular formula is C16H28N2O3. The maximum absolute atomic E-state index is 12.1. The highest BCUT2D eigenvalue weighted by atomic mass is 16.5. The summed E-state index contributed by atoms with van der Waals surface area (Å²) in [5, 5.41) is 3.11. The van der Waals surface area contributed by atoms with Crippen LogP contribution >= 0.6 is 0 Å². The summed E-state index contributed by atoms with van der Waals surface area (Å²) in [5.41, 5.74) is 6.01. The van der Waals surface area contributed by atoms with Gasteiger partial charge in [-0.05, 0) is 51.4 Å². The van der Waals surface area contributed by atoms with Crippen molar-refractivity contribution in [2.45, 2.75) is 70.4 Å². The van der Waals surface area contributed by atoms with Gasteiger partial charge in [-0.25, -0.2) is 0 Å². The highest BCUT2D eigenvalue weighted by Crippen LogP contribution is 2.28. The molecule has 5 heteroatoms. The van der Waals surface area contributed by atoms with Crippen LogP contribution in [0.2, 0.25) is 0 Å². The van der Waals surface area contributed by atoms with Gasteiger partial charge in [-0.3, -0.25) is 9.59 Å². The van der Waals surface area contributed by atoms with Crippen LogP contribution in [0.5, 0.6) is 0 Å². The smallest absolute Gasteiger partial charge is 0.308 e. The molecule has 0 saturated heterocycles. The van der Waals surface area contributed by atoms with Gasteiger partial charge in [-0.2, -0.15) is 0 Å². The third-order valence-electron chi connectivity index (χ3n) is 4.88. The van der Waals surface area contributed by atoms with Crippen molar-refractivity contribution in [3.8, 4) is 0 Å². The van der Waals surface area contributed by atoms with Crippen molar-refractivity contribution in [3.63, 3.8) is 0 Å². The first-order valence-corrected chi connectivity index (χ1v) is 8.31. The quantitative estimate of drug-likeness (QED) is 0.757. The molecule has 2 fully saturated rings. The molecule has 0 heterocycles. The van der Waals surface area contributed by atoms with Gasteiger partial charge in [0.2, 0.25) is 5.91 Å². The molecule has 0 bridgehead atoms. The molecule has 3 N–H and O–H groups in total. The number of carbonyl (C=O) groups is 2. The van der Waals surface area contributed by atoms with E-state index in [0.717, 1.165) is 44.9 Å². The third-order valence-corrected chi connectivity index (χ3v) is 4.88. The SMILES string of the molecule is CCOC(=O)C1CCC(NC(=O)C[C@@H]2CCC[C@H]2N)CC1. The van der Waals surface area contributed by atoms with E-state index in [1.807, 2.05) is 6.92 Å². The van der Waals surface area contributed by atoms with Crippen LogP contribution in [0.3, 0.4) is 0 Å². The number of nitrogens with two attached hydrogens (primary N) is 1. The van der Waals surface area contributed by atoms with E-state index in [1.54, 1.807) is 0 Å².